The van der Waals surface area contributed by atoms with Gasteiger partial charge in [0.2, 0.25) is 0 Å². The highest BCUT2D eigenvalue weighted by atomic mass is 32.2. The standard InChI is InChI=1S/C18H20O4S/c1-13-5-11-16(12-6-13)23(20,21)18(2,3)17(19)14-7-9-15(22-4)10-8-14/h5-12H,1-4H3. The van der Waals surface area contributed by atoms with Gasteiger partial charge >= 0.3 is 0 Å². The lowest BCUT2D eigenvalue weighted by atomic mass is 10.0. The number of methoxy groups -OCH3 is 1. The Bertz CT molecular complexity index is 801. The number of aryl methyl sites for hydroxylation is 1. The molecule has 0 fully saturated rings. The summed E-state index contributed by atoms with van der Waals surface area (Å²) < 4.78 is 29.2. The highest BCUT2D eigenvalue weighted by molar-refractivity contribution is 7.93. The van der Waals surface area contributed by atoms with Crippen molar-refractivity contribution in [3.63, 3.8) is 0 Å². The normalized spacial score (nSPS) is 12.0. The molecule has 0 radical (unpaired) electrons. The minimum Gasteiger partial charge on any atom is -0.497 e. The van der Waals surface area contributed by atoms with Gasteiger partial charge in [0.15, 0.2) is 15.6 Å². The monoisotopic (exact) mass is 332 g/mol. The molecular weight excluding hydrogens is 312 g/mol. The summed E-state index contributed by atoms with van der Waals surface area (Å²) >= 11 is 0. The summed E-state index contributed by atoms with van der Waals surface area (Å²) in [5, 5.41) is 0. The zero-order valence-electron chi connectivity index (χ0n) is 13.7. The van der Waals surface area contributed by atoms with E-state index in [1.54, 1.807) is 36.4 Å². The highest BCUT2D eigenvalue weighted by Gasteiger charge is 2.42. The fourth-order valence-corrected chi connectivity index (χ4v) is 3.67. The van der Waals surface area contributed by atoms with Crippen LogP contribution in [0, 0.1) is 6.92 Å². The van der Waals surface area contributed by atoms with Crippen LogP contribution >= 0.6 is 0 Å². The summed E-state index contributed by atoms with van der Waals surface area (Å²) in [6.07, 6.45) is 0. The predicted octanol–water partition coefficient (Wildman–Crippen LogP) is 3.44. The van der Waals surface area contributed by atoms with Crippen LogP contribution in [0.5, 0.6) is 5.75 Å². The zero-order valence-corrected chi connectivity index (χ0v) is 14.5. The van der Waals surface area contributed by atoms with Gasteiger partial charge in [0, 0.05) is 5.56 Å². The molecule has 0 atom stereocenters. The summed E-state index contributed by atoms with van der Waals surface area (Å²) in [5.41, 5.74) is 1.30. The first-order valence-electron chi connectivity index (χ1n) is 7.20. The molecule has 0 aliphatic carbocycles. The highest BCUT2D eigenvalue weighted by Crippen LogP contribution is 2.29. The van der Waals surface area contributed by atoms with E-state index in [0.29, 0.717) is 11.3 Å². The van der Waals surface area contributed by atoms with Crippen LogP contribution in [0.1, 0.15) is 29.8 Å². The number of hydrogen-bond donors (Lipinski definition) is 0. The SMILES string of the molecule is COc1ccc(C(=O)C(C)(C)S(=O)(=O)c2ccc(C)cc2)cc1. The van der Waals surface area contributed by atoms with Gasteiger partial charge in [-0.15, -0.1) is 0 Å². The molecular formula is C18H20O4S. The molecule has 122 valence electrons. The van der Waals surface area contributed by atoms with Crippen LogP contribution in [0.15, 0.2) is 53.4 Å². The molecule has 0 aliphatic rings. The molecule has 0 heterocycles. The average Bonchev–Trinajstić information content (AvgIpc) is 2.54. The summed E-state index contributed by atoms with van der Waals surface area (Å²) in [5.74, 6) is 0.168. The van der Waals surface area contributed by atoms with E-state index in [1.165, 1.54) is 33.1 Å². The number of carbonyl (C=O) groups excluding carboxylic acids is 1. The number of ketones is 1. The lowest BCUT2D eigenvalue weighted by Crippen LogP contribution is -2.40. The van der Waals surface area contributed by atoms with Gasteiger partial charge in [-0.3, -0.25) is 4.79 Å². The summed E-state index contributed by atoms with van der Waals surface area (Å²) in [6, 6.07) is 13.0. The lowest BCUT2D eigenvalue weighted by molar-refractivity contribution is 0.0953. The van der Waals surface area contributed by atoms with Gasteiger partial charge in [0.05, 0.1) is 12.0 Å². The zero-order chi connectivity index (χ0) is 17.3. The smallest absolute Gasteiger partial charge is 0.190 e. The fraction of sp³-hybridized carbons (Fsp3) is 0.278. The maximum atomic E-state index is 12.9. The number of ether oxygens (including phenoxy) is 1. The van der Waals surface area contributed by atoms with Crippen molar-refractivity contribution in [2.75, 3.05) is 7.11 Å². The Hall–Kier alpha value is -2.14. The fourth-order valence-electron chi connectivity index (χ4n) is 2.22. The van der Waals surface area contributed by atoms with Crippen LogP contribution in [-0.2, 0) is 9.84 Å². The van der Waals surface area contributed by atoms with Crippen LogP contribution in [0.3, 0.4) is 0 Å². The topological polar surface area (TPSA) is 60.4 Å². The molecule has 2 aromatic carbocycles. The maximum Gasteiger partial charge on any atom is 0.190 e. The van der Waals surface area contributed by atoms with E-state index in [-0.39, 0.29) is 4.90 Å². The van der Waals surface area contributed by atoms with Crippen LogP contribution in [0.25, 0.3) is 0 Å². The molecule has 5 heteroatoms. The molecule has 0 spiro atoms. The van der Waals surface area contributed by atoms with Gasteiger partial charge < -0.3 is 4.74 Å². The van der Waals surface area contributed by atoms with Crippen molar-refractivity contribution in [3.8, 4) is 5.75 Å². The Labute approximate surface area is 137 Å². The molecule has 0 aromatic heterocycles. The second-order valence-corrected chi connectivity index (χ2v) is 8.38. The van der Waals surface area contributed by atoms with E-state index in [1.807, 2.05) is 6.92 Å². The van der Waals surface area contributed by atoms with Crippen LogP contribution in [0.2, 0.25) is 0 Å². The molecule has 0 bridgehead atoms. The first-order valence-corrected chi connectivity index (χ1v) is 8.68. The molecule has 0 aliphatic heterocycles. The summed E-state index contributed by atoms with van der Waals surface area (Å²) in [6.45, 7) is 4.76. The van der Waals surface area contributed by atoms with Crippen LogP contribution in [0.4, 0.5) is 0 Å². The van der Waals surface area contributed by atoms with Gasteiger partial charge in [-0.05, 0) is 57.2 Å². The quantitative estimate of drug-likeness (QED) is 0.787. The van der Waals surface area contributed by atoms with Crippen LogP contribution in [-0.4, -0.2) is 26.1 Å². The number of carbonyl (C=O) groups is 1. The van der Waals surface area contributed by atoms with Crippen molar-refractivity contribution < 1.29 is 17.9 Å². The second kappa shape index (κ2) is 6.16. The Morgan fingerprint density at radius 1 is 0.957 bits per heavy atom. The molecule has 2 aromatic rings. The van der Waals surface area contributed by atoms with Crippen molar-refractivity contribution in [2.24, 2.45) is 0 Å². The van der Waals surface area contributed by atoms with Crippen molar-refractivity contribution in [1.82, 2.24) is 0 Å². The molecule has 0 N–H and O–H groups in total. The number of hydrogen-bond acceptors (Lipinski definition) is 4. The van der Waals surface area contributed by atoms with Gasteiger partial charge in [-0.25, -0.2) is 8.42 Å². The van der Waals surface area contributed by atoms with Gasteiger partial charge in [0.1, 0.15) is 10.5 Å². The van der Waals surface area contributed by atoms with Gasteiger partial charge in [-0.2, -0.15) is 0 Å². The van der Waals surface area contributed by atoms with Crippen molar-refractivity contribution in [2.45, 2.75) is 30.4 Å². The van der Waals surface area contributed by atoms with Crippen molar-refractivity contribution >= 4 is 15.6 Å². The third kappa shape index (κ3) is 3.15. The van der Waals surface area contributed by atoms with E-state index in [4.69, 9.17) is 4.74 Å². The Balaban J connectivity index is 2.42. The van der Waals surface area contributed by atoms with E-state index in [2.05, 4.69) is 0 Å². The summed E-state index contributed by atoms with van der Waals surface area (Å²) in [4.78, 5) is 12.9. The van der Waals surface area contributed by atoms with E-state index in [9.17, 15) is 13.2 Å². The number of Topliss-reactive ketones (excluding diaryl/α,β-unsaturated/α-hetero) is 1. The molecule has 23 heavy (non-hydrogen) atoms. The molecule has 4 nitrogen and oxygen atoms in total. The number of sulfone groups is 1. The first kappa shape index (κ1) is 17.2. The van der Waals surface area contributed by atoms with Crippen molar-refractivity contribution in [3.05, 3.63) is 59.7 Å². The van der Waals surface area contributed by atoms with Crippen LogP contribution < -0.4 is 4.74 Å². The Kier molecular flexibility index (Phi) is 4.61. The van der Waals surface area contributed by atoms with E-state index < -0.39 is 20.4 Å². The molecule has 0 saturated heterocycles. The number of rotatable bonds is 5. The van der Waals surface area contributed by atoms with E-state index >= 15 is 0 Å². The Morgan fingerprint density at radius 2 is 1.48 bits per heavy atom. The largest absolute Gasteiger partial charge is 0.497 e. The molecule has 2 rings (SSSR count). The number of benzene rings is 2. The summed E-state index contributed by atoms with van der Waals surface area (Å²) in [7, 11) is -2.27. The third-order valence-electron chi connectivity index (χ3n) is 3.90. The molecule has 0 amide bonds. The average molecular weight is 332 g/mol. The third-order valence-corrected chi connectivity index (χ3v) is 6.32. The minimum absolute atomic E-state index is 0.148. The molecule has 0 saturated carbocycles. The second-order valence-electron chi connectivity index (χ2n) is 5.88. The maximum absolute atomic E-state index is 12.9. The van der Waals surface area contributed by atoms with Gasteiger partial charge in [-0.1, -0.05) is 17.7 Å². The van der Waals surface area contributed by atoms with Crippen molar-refractivity contribution in [1.29, 1.82) is 0 Å². The van der Waals surface area contributed by atoms with Gasteiger partial charge in [0.25, 0.3) is 0 Å². The lowest BCUT2D eigenvalue weighted by Gasteiger charge is -2.23. The predicted molar refractivity (Wildman–Crippen MR) is 89.8 cm³/mol. The first-order chi connectivity index (χ1) is 10.7. The van der Waals surface area contributed by atoms with E-state index in [0.717, 1.165) is 5.56 Å². The Morgan fingerprint density at radius 3 is 1.96 bits per heavy atom. The molecule has 0 unspecified atom stereocenters. The minimum atomic E-state index is -3.80.